The zero-order valence-electron chi connectivity index (χ0n) is 72.8. The van der Waals surface area contributed by atoms with E-state index in [0.717, 1.165) is 260 Å². The summed E-state index contributed by atoms with van der Waals surface area (Å²) >= 11 is 3.73. The van der Waals surface area contributed by atoms with Gasteiger partial charge < -0.3 is 0 Å². The monoisotopic (exact) mass is 1810 g/mol. The van der Waals surface area contributed by atoms with E-state index in [2.05, 4.69) is 272 Å². The molecule has 0 saturated heterocycles. The van der Waals surface area contributed by atoms with E-state index in [1.54, 1.807) is 12.4 Å². The van der Waals surface area contributed by atoms with Gasteiger partial charge in [-0.25, -0.2) is 39.9 Å². The summed E-state index contributed by atoms with van der Waals surface area (Å²) in [6, 6.07) is 142. The van der Waals surface area contributed by atoms with Gasteiger partial charge in [-0.2, -0.15) is 26.2 Å². The second-order valence-corrected chi connectivity index (χ2v) is 35.0. The molecule has 19 heteroatoms. The average Bonchev–Trinajstić information content (AvgIpc) is 1.74. The number of pyridine rings is 8. The van der Waals surface area contributed by atoms with Gasteiger partial charge in [0.1, 0.15) is 33.1 Å². The van der Waals surface area contributed by atoms with Crippen LogP contribution in [0.3, 0.4) is 0 Å². The highest BCUT2D eigenvalue weighted by Gasteiger charge is 2.23. The first-order chi connectivity index (χ1) is 67.9. The maximum Gasteiger partial charge on any atom is 0.160 e. The van der Waals surface area contributed by atoms with Crippen LogP contribution < -0.4 is 0 Å². The van der Waals surface area contributed by atoms with Gasteiger partial charge in [0.25, 0.3) is 0 Å². The van der Waals surface area contributed by atoms with Crippen LogP contribution in [-0.4, -0.2) is 76.1 Å². The average molecular weight is 1810 g/mol. The highest BCUT2D eigenvalue weighted by atomic mass is 32.1. The molecule has 16 nitrogen and oxygen atoms in total. The molecule has 0 fully saturated rings. The fourth-order valence-electron chi connectivity index (χ4n) is 18.4. The van der Waals surface area contributed by atoms with Crippen molar-refractivity contribution in [2.75, 3.05) is 0 Å². The summed E-state index contributed by atoms with van der Waals surface area (Å²) in [5, 5.41) is 11.7. The van der Waals surface area contributed by atoms with Crippen molar-refractivity contribution in [2.45, 2.75) is 0 Å². The van der Waals surface area contributed by atoms with Gasteiger partial charge in [0.2, 0.25) is 0 Å². The highest BCUT2D eigenvalue weighted by molar-refractivity contribution is 7.00. The van der Waals surface area contributed by atoms with E-state index < -0.39 is 0 Å². The third-order valence-corrected chi connectivity index (χ3v) is 26.8. The molecule has 27 aromatic rings. The zero-order chi connectivity index (χ0) is 90.6. The molecule has 0 spiro atoms. The van der Waals surface area contributed by atoms with E-state index in [0.29, 0.717) is 5.82 Å². The Labute approximate surface area is 796 Å². The Morgan fingerprint density at radius 1 is 0.153 bits per heavy atom. The molecule has 15 aromatic carbocycles. The molecule has 0 N–H and O–H groups in total. The Kier molecular flexibility index (Phi) is 20.7. The van der Waals surface area contributed by atoms with E-state index in [1.165, 1.54) is 35.2 Å². The minimum absolute atomic E-state index is 0.706. The van der Waals surface area contributed by atoms with Crippen LogP contribution in [0.5, 0.6) is 0 Å². The van der Waals surface area contributed by atoms with Crippen LogP contribution in [0.15, 0.2) is 425 Å². The molecular formula is C118H70N16S3. The molecule has 137 heavy (non-hydrogen) atoms. The number of rotatable bonds is 13. The number of fused-ring (bicyclic) bond motifs is 18. The molecule has 640 valence electrons. The minimum Gasteiger partial charge on any atom is -0.255 e. The van der Waals surface area contributed by atoms with Crippen molar-refractivity contribution < 1.29 is 0 Å². The van der Waals surface area contributed by atoms with Gasteiger partial charge in [-0.1, -0.05) is 285 Å². The molecular weight excluding hydrogens is 1740 g/mol. The summed E-state index contributed by atoms with van der Waals surface area (Å²) in [6.45, 7) is 0. The van der Waals surface area contributed by atoms with Gasteiger partial charge in [0.15, 0.2) is 5.82 Å². The van der Waals surface area contributed by atoms with E-state index in [4.69, 9.17) is 53.0 Å². The first-order valence-corrected chi connectivity index (χ1v) is 47.0. The third-order valence-electron chi connectivity index (χ3n) is 25.1. The van der Waals surface area contributed by atoms with Gasteiger partial charge in [-0.15, -0.1) is 0 Å². The van der Waals surface area contributed by atoms with Crippen molar-refractivity contribution in [3.05, 3.63) is 425 Å². The molecule has 0 amide bonds. The lowest BCUT2D eigenvalue weighted by Crippen LogP contribution is -1.95. The predicted molar refractivity (Wildman–Crippen MR) is 561 cm³/mol. The normalized spacial score (nSPS) is 11.5. The van der Waals surface area contributed by atoms with E-state index >= 15 is 0 Å². The summed E-state index contributed by atoms with van der Waals surface area (Å²) in [5.41, 5.74) is 34.7. The maximum atomic E-state index is 5.20. The minimum atomic E-state index is 0.706. The Hall–Kier alpha value is -17.9. The largest absolute Gasteiger partial charge is 0.255 e. The molecule has 0 aliphatic heterocycles. The quantitative estimate of drug-likeness (QED) is 0.0984. The van der Waals surface area contributed by atoms with Crippen LogP contribution in [0.2, 0.25) is 0 Å². The summed E-state index contributed by atoms with van der Waals surface area (Å²) < 4.78 is 27.8. The Balaban J connectivity index is 0.000000109. The maximum absolute atomic E-state index is 5.20. The highest BCUT2D eigenvalue weighted by Crippen LogP contribution is 2.45. The molecule has 12 aromatic heterocycles. The molecule has 12 heterocycles. The molecule has 0 radical (unpaired) electrons. The smallest absolute Gasteiger partial charge is 0.160 e. The van der Waals surface area contributed by atoms with Crippen LogP contribution in [0.4, 0.5) is 0 Å². The molecule has 27 rings (SSSR count). The molecule has 0 unspecified atom stereocenters. The lowest BCUT2D eigenvalue weighted by Gasteiger charge is -2.12. The summed E-state index contributed by atoms with van der Waals surface area (Å²) in [6.07, 6.45) is 3.58. The van der Waals surface area contributed by atoms with Gasteiger partial charge in [-0.3, -0.25) is 9.97 Å². The molecule has 0 aliphatic carbocycles. The number of hydrogen-bond acceptors (Lipinski definition) is 19. The van der Waals surface area contributed by atoms with Crippen LogP contribution in [0.1, 0.15) is 0 Å². The van der Waals surface area contributed by atoms with Gasteiger partial charge >= 0.3 is 0 Å². The lowest BCUT2D eigenvalue weighted by atomic mass is 9.95. The van der Waals surface area contributed by atoms with Crippen LogP contribution in [0, 0.1) is 0 Å². The van der Waals surface area contributed by atoms with Crippen LogP contribution in [0.25, 0.3) is 266 Å². The summed E-state index contributed by atoms with van der Waals surface area (Å²) in [7, 11) is 0. The van der Waals surface area contributed by atoms with Gasteiger partial charge in [0.05, 0.1) is 125 Å². The summed E-state index contributed by atoms with van der Waals surface area (Å²) in [4.78, 5) is 49.7. The number of benzene rings is 15. The Bertz CT molecular complexity index is 8840. The standard InChI is InChI=1S/C41H25N5S.C40H24N6S.C37H21N5S/c1-4-10-27(11-5-1)36-25-37(44-41(43-36)30-14-8-3-9-15-30)28-18-16-26(17-19-28)31-20-22-34-33(24-31)38-32(21-23-35-40(38)46-47-45-35)39(42-34)29-12-6-2-7-13-29;1-2-8-27(9-3-1)39-30-17-19-35-40(46-47-45-35)38(30)31-22-28(16-18-32(31)44-39)25-12-14-26(15-13-25)29-23-36(33-10-4-6-20-41-33)43-37(24-29)34-11-5-7-21-42-34;1-3-7-22(8-4-1)29-17-13-24-11-12-25-14-18-30(39-36(25)35(24)38-29)26-15-19-31-28(21-26)33-27(16-20-32-37(33)42-43-41-32)34(40-31)23-9-5-2-6-10-23/h1-25H;1-24H;1-21H. The predicted octanol–water partition coefficient (Wildman–Crippen LogP) is 29.9. The van der Waals surface area contributed by atoms with Crippen molar-refractivity contribution in [3.8, 4) is 146 Å². The first-order valence-electron chi connectivity index (χ1n) is 44.8. The fraction of sp³-hybridized carbons (Fsp3) is 0. The van der Waals surface area contributed by atoms with Crippen molar-refractivity contribution in [2.24, 2.45) is 0 Å². The Morgan fingerprint density at radius 2 is 0.467 bits per heavy atom. The second kappa shape index (κ2) is 35.0. The summed E-state index contributed by atoms with van der Waals surface area (Å²) in [5.74, 6) is 0.706. The second-order valence-electron chi connectivity index (χ2n) is 33.4. The van der Waals surface area contributed by atoms with Crippen LogP contribution in [-0.2, 0) is 0 Å². The topological polar surface area (TPSA) is 206 Å². The molecule has 0 saturated carbocycles. The van der Waals surface area contributed by atoms with Crippen LogP contribution >= 0.6 is 35.2 Å². The van der Waals surface area contributed by atoms with Crippen molar-refractivity contribution >= 4 is 155 Å². The number of nitrogens with zero attached hydrogens (tertiary/aromatic N) is 16. The third kappa shape index (κ3) is 15.4. The first kappa shape index (κ1) is 81.1. The van der Waals surface area contributed by atoms with Crippen molar-refractivity contribution in [3.63, 3.8) is 0 Å². The number of hydrogen-bond donors (Lipinski definition) is 0. The van der Waals surface area contributed by atoms with Gasteiger partial charge in [-0.05, 0) is 161 Å². The van der Waals surface area contributed by atoms with Gasteiger partial charge in [0, 0.05) is 116 Å². The van der Waals surface area contributed by atoms with E-state index in [9.17, 15) is 0 Å². The molecule has 0 bridgehead atoms. The lowest BCUT2D eigenvalue weighted by molar-refractivity contribution is 1.18. The molecule has 0 aliphatic rings. The SMILES string of the molecule is c1ccc(-c2cc(-c3ccc(-c4ccc5nc(-c6ccccc6)c6ccc7nsnc7c6c5c4)cc3)nc(-c3ccccc3)n2)cc1.c1ccc(-c2ccc3ccc4ccc(-c5ccc6nc(-c7ccccc7)c7ccc8nsnc8c7c6c5)nc4c3n2)cc1.c1ccc(-c2nc3ccc(-c4ccc(-c5cc(-c6ccccn6)nc(-c6ccccn6)c5)cc4)cc3c3c2ccc2nsnc23)cc1. The van der Waals surface area contributed by atoms with E-state index in [1.807, 2.05) is 164 Å². The van der Waals surface area contributed by atoms with E-state index in [-0.39, 0.29) is 0 Å². The number of aromatic nitrogens is 16. The van der Waals surface area contributed by atoms with Crippen molar-refractivity contribution in [1.29, 1.82) is 0 Å². The molecule has 0 atom stereocenters. The van der Waals surface area contributed by atoms with Crippen molar-refractivity contribution in [1.82, 2.24) is 76.1 Å². The Morgan fingerprint density at radius 3 is 0.861 bits per heavy atom. The zero-order valence-corrected chi connectivity index (χ0v) is 75.2. The fourth-order valence-corrected chi connectivity index (χ4v) is 20.0.